The van der Waals surface area contributed by atoms with Crippen LogP contribution in [0.25, 0.3) is 0 Å². The third kappa shape index (κ3) is 4.50. The van der Waals surface area contributed by atoms with Crippen LogP contribution in [0.2, 0.25) is 0 Å². The Balaban J connectivity index is 2.14. The average molecular weight is 353 g/mol. The fraction of sp³-hybridized carbons (Fsp3) is 0.556. The van der Waals surface area contributed by atoms with Crippen molar-refractivity contribution >= 4 is 23.6 Å². The summed E-state index contributed by atoms with van der Waals surface area (Å²) in [6.45, 7) is 3.17. The molecule has 4 nitrogen and oxygen atoms in total. The standard InChI is InChI=1S/C18H24FNO3S/c1-3-23-17(22)18(12-14-5-4-6-15(19)11-14)7-9-20(10-8-18)16(21)13-24-2/h4-6,11H,3,7-10,12-13H2,1-2H3. The Morgan fingerprint density at radius 2 is 2.04 bits per heavy atom. The van der Waals surface area contributed by atoms with Crippen LogP contribution in [0.3, 0.4) is 0 Å². The molecule has 0 spiro atoms. The van der Waals surface area contributed by atoms with E-state index in [-0.39, 0.29) is 17.7 Å². The van der Waals surface area contributed by atoms with E-state index >= 15 is 0 Å². The molecule has 1 aromatic carbocycles. The Bertz CT molecular complexity index is 585. The first kappa shape index (κ1) is 18.8. The van der Waals surface area contributed by atoms with Crippen molar-refractivity contribution in [3.05, 3.63) is 35.6 Å². The van der Waals surface area contributed by atoms with Crippen molar-refractivity contribution in [2.45, 2.75) is 26.2 Å². The zero-order valence-electron chi connectivity index (χ0n) is 14.2. The summed E-state index contributed by atoms with van der Waals surface area (Å²) >= 11 is 1.50. The van der Waals surface area contributed by atoms with E-state index in [0.717, 1.165) is 5.56 Å². The first-order valence-corrected chi connectivity index (χ1v) is 9.58. The van der Waals surface area contributed by atoms with Gasteiger partial charge in [0.2, 0.25) is 5.91 Å². The second-order valence-electron chi connectivity index (χ2n) is 6.12. The molecule has 1 aliphatic heterocycles. The smallest absolute Gasteiger partial charge is 0.312 e. The second-order valence-corrected chi connectivity index (χ2v) is 6.99. The topological polar surface area (TPSA) is 46.6 Å². The van der Waals surface area contributed by atoms with Crippen LogP contribution in [-0.2, 0) is 20.7 Å². The third-order valence-electron chi connectivity index (χ3n) is 4.48. The predicted molar refractivity (Wildman–Crippen MR) is 93.4 cm³/mol. The molecule has 24 heavy (non-hydrogen) atoms. The lowest BCUT2D eigenvalue weighted by Crippen LogP contribution is -2.48. The largest absolute Gasteiger partial charge is 0.466 e. The van der Waals surface area contributed by atoms with Crippen LogP contribution in [-0.4, -0.2) is 48.5 Å². The number of halogens is 1. The molecule has 0 radical (unpaired) electrons. The lowest BCUT2D eigenvalue weighted by Gasteiger charge is -2.40. The summed E-state index contributed by atoms with van der Waals surface area (Å²) in [6.07, 6.45) is 3.42. The molecular weight excluding hydrogens is 329 g/mol. The molecule has 1 heterocycles. The highest BCUT2D eigenvalue weighted by atomic mass is 32.2. The van der Waals surface area contributed by atoms with Gasteiger partial charge in [0.15, 0.2) is 0 Å². The van der Waals surface area contributed by atoms with Crippen molar-refractivity contribution in [3.63, 3.8) is 0 Å². The average Bonchev–Trinajstić information content (AvgIpc) is 2.56. The Morgan fingerprint density at radius 3 is 2.62 bits per heavy atom. The van der Waals surface area contributed by atoms with E-state index in [1.54, 1.807) is 17.9 Å². The number of rotatable bonds is 6. The number of piperidine rings is 1. The minimum atomic E-state index is -0.681. The number of benzene rings is 1. The summed E-state index contributed by atoms with van der Waals surface area (Å²) in [7, 11) is 0. The van der Waals surface area contributed by atoms with Crippen LogP contribution in [0.15, 0.2) is 24.3 Å². The van der Waals surface area contributed by atoms with Gasteiger partial charge in [-0.05, 0) is 50.1 Å². The van der Waals surface area contributed by atoms with Crippen LogP contribution in [0.4, 0.5) is 4.39 Å². The summed E-state index contributed by atoms with van der Waals surface area (Å²) in [4.78, 5) is 26.4. The van der Waals surface area contributed by atoms with Crippen LogP contribution in [0, 0.1) is 11.2 Å². The summed E-state index contributed by atoms with van der Waals surface area (Å²) in [6, 6.07) is 6.34. The molecule has 0 aromatic heterocycles. The quantitative estimate of drug-likeness (QED) is 0.738. The van der Waals surface area contributed by atoms with Gasteiger partial charge >= 0.3 is 5.97 Å². The van der Waals surface area contributed by atoms with E-state index in [1.807, 2.05) is 12.3 Å². The maximum atomic E-state index is 13.5. The van der Waals surface area contributed by atoms with E-state index in [1.165, 1.54) is 23.9 Å². The molecule has 1 amide bonds. The third-order valence-corrected chi connectivity index (χ3v) is 5.02. The number of amides is 1. The zero-order valence-corrected chi connectivity index (χ0v) is 15.0. The van der Waals surface area contributed by atoms with Gasteiger partial charge in [-0.1, -0.05) is 12.1 Å². The van der Waals surface area contributed by atoms with E-state index in [0.29, 0.717) is 44.7 Å². The van der Waals surface area contributed by atoms with Gasteiger partial charge in [0, 0.05) is 13.1 Å². The van der Waals surface area contributed by atoms with Crippen molar-refractivity contribution < 1.29 is 18.7 Å². The molecule has 2 rings (SSSR count). The fourth-order valence-electron chi connectivity index (χ4n) is 3.17. The lowest BCUT2D eigenvalue weighted by atomic mass is 9.73. The van der Waals surface area contributed by atoms with Crippen LogP contribution < -0.4 is 0 Å². The number of ether oxygens (including phenoxy) is 1. The zero-order chi connectivity index (χ0) is 17.6. The fourth-order valence-corrected chi connectivity index (χ4v) is 3.60. The molecule has 0 bridgehead atoms. The second kappa shape index (κ2) is 8.51. The van der Waals surface area contributed by atoms with Crippen molar-refractivity contribution in [1.82, 2.24) is 4.90 Å². The monoisotopic (exact) mass is 353 g/mol. The number of carbonyl (C=O) groups excluding carboxylic acids is 2. The van der Waals surface area contributed by atoms with Gasteiger partial charge in [0.05, 0.1) is 17.8 Å². The van der Waals surface area contributed by atoms with Gasteiger partial charge in [-0.3, -0.25) is 9.59 Å². The lowest BCUT2D eigenvalue weighted by molar-refractivity contribution is -0.160. The van der Waals surface area contributed by atoms with Gasteiger partial charge in [-0.15, -0.1) is 0 Å². The van der Waals surface area contributed by atoms with Gasteiger partial charge < -0.3 is 9.64 Å². The Labute approximate surface area is 146 Å². The number of carbonyl (C=O) groups is 2. The molecule has 1 saturated heterocycles. The number of likely N-dealkylation sites (tertiary alicyclic amines) is 1. The minimum absolute atomic E-state index is 0.103. The maximum absolute atomic E-state index is 13.5. The van der Waals surface area contributed by atoms with Crippen LogP contribution in [0.1, 0.15) is 25.3 Å². The van der Waals surface area contributed by atoms with Crippen LogP contribution >= 0.6 is 11.8 Å². The molecule has 1 aliphatic rings. The number of hydrogen-bond donors (Lipinski definition) is 0. The molecule has 0 unspecified atom stereocenters. The van der Waals surface area contributed by atoms with Crippen molar-refractivity contribution in [2.24, 2.45) is 5.41 Å². The van der Waals surface area contributed by atoms with Gasteiger partial charge in [0.25, 0.3) is 0 Å². The van der Waals surface area contributed by atoms with Gasteiger partial charge in [0.1, 0.15) is 5.82 Å². The Hall–Kier alpha value is -1.56. The van der Waals surface area contributed by atoms with Crippen molar-refractivity contribution in [3.8, 4) is 0 Å². The van der Waals surface area contributed by atoms with E-state index in [2.05, 4.69) is 0 Å². The number of nitrogens with zero attached hydrogens (tertiary/aromatic N) is 1. The van der Waals surface area contributed by atoms with Crippen LogP contribution in [0.5, 0.6) is 0 Å². The maximum Gasteiger partial charge on any atom is 0.312 e. The van der Waals surface area contributed by atoms with Crippen molar-refractivity contribution in [1.29, 1.82) is 0 Å². The van der Waals surface area contributed by atoms with E-state index < -0.39 is 5.41 Å². The van der Waals surface area contributed by atoms with E-state index in [9.17, 15) is 14.0 Å². The first-order chi connectivity index (χ1) is 11.5. The van der Waals surface area contributed by atoms with E-state index in [4.69, 9.17) is 4.74 Å². The summed E-state index contributed by atoms with van der Waals surface area (Å²) in [5.74, 6) is 0.00655. The number of esters is 1. The summed E-state index contributed by atoms with van der Waals surface area (Å²) < 4.78 is 18.8. The molecule has 0 atom stereocenters. The minimum Gasteiger partial charge on any atom is -0.466 e. The molecule has 132 valence electrons. The summed E-state index contributed by atoms with van der Waals surface area (Å²) in [5.41, 5.74) is 0.104. The molecule has 0 aliphatic carbocycles. The predicted octanol–water partition coefficient (Wildman–Crippen LogP) is 2.90. The number of thioether (sulfide) groups is 1. The van der Waals surface area contributed by atoms with Gasteiger partial charge in [-0.25, -0.2) is 4.39 Å². The Morgan fingerprint density at radius 1 is 1.33 bits per heavy atom. The molecule has 0 N–H and O–H groups in total. The molecule has 6 heteroatoms. The highest BCUT2D eigenvalue weighted by molar-refractivity contribution is 7.99. The normalized spacial score (nSPS) is 16.7. The first-order valence-electron chi connectivity index (χ1n) is 8.19. The van der Waals surface area contributed by atoms with Gasteiger partial charge in [-0.2, -0.15) is 11.8 Å². The SMILES string of the molecule is CCOC(=O)C1(Cc2cccc(F)c2)CCN(C(=O)CSC)CC1. The molecular formula is C18H24FNO3S. The highest BCUT2D eigenvalue weighted by Gasteiger charge is 2.43. The molecule has 1 fully saturated rings. The highest BCUT2D eigenvalue weighted by Crippen LogP contribution is 2.37. The molecule has 1 aromatic rings. The summed E-state index contributed by atoms with van der Waals surface area (Å²) in [5, 5.41) is 0. The Kier molecular flexibility index (Phi) is 6.66. The number of hydrogen-bond acceptors (Lipinski definition) is 4. The molecule has 0 saturated carbocycles. The van der Waals surface area contributed by atoms with Crippen molar-refractivity contribution in [2.75, 3.05) is 31.7 Å².